The molecule has 130 valence electrons. The number of hydrogen-bond donors (Lipinski definition) is 2. The lowest BCUT2D eigenvalue weighted by molar-refractivity contribution is -0.137. The van der Waals surface area contributed by atoms with Gasteiger partial charge in [-0.1, -0.05) is 54.6 Å². The first-order valence-corrected chi connectivity index (χ1v) is 8.66. The smallest absolute Gasteiger partial charge is 0.303 e. The number of benzene rings is 2. The molecule has 0 amide bonds. The molecular weight excluding hydrogens is 314 g/mol. The molecule has 1 aliphatic heterocycles. The Kier molecular flexibility index (Phi) is 5.51. The highest BCUT2D eigenvalue weighted by Gasteiger charge is 2.20. The largest absolute Gasteiger partial charge is 0.481 e. The van der Waals surface area contributed by atoms with Gasteiger partial charge in [0, 0.05) is 18.7 Å². The van der Waals surface area contributed by atoms with E-state index in [9.17, 15) is 9.90 Å². The summed E-state index contributed by atoms with van der Waals surface area (Å²) < 4.78 is 0. The third kappa shape index (κ3) is 4.28. The normalized spacial score (nSPS) is 15.5. The quantitative estimate of drug-likeness (QED) is 0.778. The zero-order chi connectivity index (χ0) is 17.6. The van der Waals surface area contributed by atoms with E-state index in [1.165, 1.54) is 0 Å². The van der Waals surface area contributed by atoms with E-state index in [1.807, 2.05) is 41.3 Å². The van der Waals surface area contributed by atoms with Gasteiger partial charge >= 0.3 is 5.97 Å². The topological polar surface area (TPSA) is 60.8 Å². The third-order valence-electron chi connectivity index (χ3n) is 4.55. The number of hydrogen-bond acceptors (Lipinski definition) is 3. The van der Waals surface area contributed by atoms with Crippen molar-refractivity contribution in [2.45, 2.75) is 38.5 Å². The molecule has 0 radical (unpaired) electrons. The van der Waals surface area contributed by atoms with Gasteiger partial charge in [0.2, 0.25) is 0 Å². The predicted molar refractivity (Wildman–Crippen MR) is 100 cm³/mol. The van der Waals surface area contributed by atoms with Gasteiger partial charge in [-0.15, -0.1) is 0 Å². The van der Waals surface area contributed by atoms with E-state index in [2.05, 4.69) is 24.3 Å². The summed E-state index contributed by atoms with van der Waals surface area (Å²) in [4.78, 5) is 12.7. The zero-order valence-electron chi connectivity index (χ0n) is 14.1. The fraction of sp³-hybridized carbons (Fsp3) is 0.286. The number of aliphatic carboxylic acids is 1. The number of rotatable bonds is 6. The summed E-state index contributed by atoms with van der Waals surface area (Å²) in [5, 5.41) is 19.5. The van der Waals surface area contributed by atoms with Gasteiger partial charge in [0.1, 0.15) is 6.23 Å². The minimum Gasteiger partial charge on any atom is -0.481 e. The number of unbranched alkanes of at least 4 members (excludes halogenated alkanes) is 1. The molecule has 4 nitrogen and oxygen atoms in total. The second kappa shape index (κ2) is 7.99. The average Bonchev–Trinajstić information content (AvgIpc) is 2.60. The van der Waals surface area contributed by atoms with E-state index in [-0.39, 0.29) is 6.42 Å². The highest BCUT2D eigenvalue weighted by Crippen LogP contribution is 2.30. The van der Waals surface area contributed by atoms with Crippen LogP contribution in [-0.4, -0.2) is 22.4 Å². The SMILES string of the molecule is O=C(O)CCCCC(O)N1Cc2ccccc2/C=C\c2ccccc21. The van der Waals surface area contributed by atoms with Crippen LogP contribution in [0.1, 0.15) is 42.4 Å². The van der Waals surface area contributed by atoms with Crippen molar-refractivity contribution in [1.82, 2.24) is 0 Å². The van der Waals surface area contributed by atoms with E-state index in [4.69, 9.17) is 5.11 Å². The lowest BCUT2D eigenvalue weighted by Gasteiger charge is -2.33. The van der Waals surface area contributed by atoms with E-state index in [1.54, 1.807) is 0 Å². The monoisotopic (exact) mass is 337 g/mol. The minimum absolute atomic E-state index is 0.148. The number of fused-ring (bicyclic) bond motifs is 2. The first-order chi connectivity index (χ1) is 12.1. The number of carbonyl (C=O) groups is 1. The molecule has 1 atom stereocenters. The number of nitrogens with zero attached hydrogens (tertiary/aromatic N) is 1. The average molecular weight is 337 g/mol. The second-order valence-corrected chi connectivity index (χ2v) is 6.34. The number of carboxylic acid groups (broad SMARTS) is 1. The lowest BCUT2D eigenvalue weighted by Crippen LogP contribution is -2.35. The molecule has 25 heavy (non-hydrogen) atoms. The molecule has 0 fully saturated rings. The summed E-state index contributed by atoms with van der Waals surface area (Å²) in [5.41, 5.74) is 4.39. The summed E-state index contributed by atoms with van der Waals surface area (Å²) >= 11 is 0. The van der Waals surface area contributed by atoms with Crippen LogP contribution in [-0.2, 0) is 11.3 Å². The molecule has 0 bridgehead atoms. The van der Waals surface area contributed by atoms with E-state index in [0.29, 0.717) is 25.8 Å². The molecule has 1 heterocycles. The number of aliphatic hydroxyl groups is 1. The van der Waals surface area contributed by atoms with Crippen LogP contribution >= 0.6 is 0 Å². The van der Waals surface area contributed by atoms with E-state index < -0.39 is 12.2 Å². The van der Waals surface area contributed by atoms with Gasteiger partial charge in [-0.2, -0.15) is 0 Å². The zero-order valence-corrected chi connectivity index (χ0v) is 14.1. The Hall–Kier alpha value is -2.59. The van der Waals surface area contributed by atoms with Crippen LogP contribution in [0.5, 0.6) is 0 Å². The lowest BCUT2D eigenvalue weighted by atomic mass is 10.0. The van der Waals surface area contributed by atoms with Crippen LogP contribution in [0, 0.1) is 0 Å². The van der Waals surface area contributed by atoms with Crippen LogP contribution in [0.25, 0.3) is 12.2 Å². The Morgan fingerprint density at radius 3 is 2.48 bits per heavy atom. The van der Waals surface area contributed by atoms with Crippen LogP contribution in [0.15, 0.2) is 48.5 Å². The van der Waals surface area contributed by atoms with Gasteiger partial charge in [0.05, 0.1) is 0 Å². The van der Waals surface area contributed by atoms with Crippen molar-refractivity contribution in [3.05, 3.63) is 65.2 Å². The Labute approximate surface area is 148 Å². The first kappa shape index (κ1) is 17.2. The molecule has 0 aromatic heterocycles. The molecule has 0 saturated heterocycles. The van der Waals surface area contributed by atoms with Gasteiger partial charge in [0.15, 0.2) is 0 Å². The minimum atomic E-state index is -0.787. The molecule has 2 aromatic carbocycles. The van der Waals surface area contributed by atoms with Crippen LogP contribution in [0.4, 0.5) is 5.69 Å². The van der Waals surface area contributed by atoms with Crippen molar-refractivity contribution in [3.8, 4) is 0 Å². The third-order valence-corrected chi connectivity index (χ3v) is 4.55. The van der Waals surface area contributed by atoms with Crippen molar-refractivity contribution < 1.29 is 15.0 Å². The van der Waals surface area contributed by atoms with Crippen molar-refractivity contribution in [2.75, 3.05) is 4.90 Å². The molecule has 0 aliphatic carbocycles. The summed E-state index contributed by atoms with van der Waals surface area (Å²) in [7, 11) is 0. The maximum Gasteiger partial charge on any atom is 0.303 e. The summed E-state index contributed by atoms with van der Waals surface area (Å²) in [6.45, 7) is 0.623. The van der Waals surface area contributed by atoms with Crippen molar-refractivity contribution >= 4 is 23.8 Å². The standard InChI is InChI=1S/C21H23NO3/c23-20(11-5-6-12-21(24)25)22-15-18-9-2-1-7-16(18)13-14-17-8-3-4-10-19(17)22/h1-4,7-10,13-14,20,23H,5-6,11-12,15H2,(H,24,25)/b14-13-. The molecule has 1 unspecified atom stereocenters. The predicted octanol–water partition coefficient (Wildman–Crippen LogP) is 4.14. The molecule has 3 rings (SSSR count). The highest BCUT2D eigenvalue weighted by molar-refractivity contribution is 5.79. The maximum atomic E-state index is 10.8. The number of carboxylic acids is 1. The van der Waals surface area contributed by atoms with Gasteiger partial charge in [-0.25, -0.2) is 0 Å². The summed E-state index contributed by atoms with van der Waals surface area (Å²) in [6, 6.07) is 16.2. The number of para-hydroxylation sites is 1. The highest BCUT2D eigenvalue weighted by atomic mass is 16.4. The van der Waals surface area contributed by atoms with Gasteiger partial charge in [-0.3, -0.25) is 4.79 Å². The molecule has 0 spiro atoms. The van der Waals surface area contributed by atoms with E-state index >= 15 is 0 Å². The molecule has 1 aliphatic rings. The van der Waals surface area contributed by atoms with Gasteiger partial charge in [-0.05, 0) is 42.0 Å². The number of anilines is 1. The Balaban J connectivity index is 1.84. The second-order valence-electron chi connectivity index (χ2n) is 6.34. The Morgan fingerprint density at radius 2 is 1.68 bits per heavy atom. The van der Waals surface area contributed by atoms with Gasteiger partial charge in [0.25, 0.3) is 0 Å². The fourth-order valence-corrected chi connectivity index (χ4v) is 3.20. The molecule has 2 N–H and O–H groups in total. The van der Waals surface area contributed by atoms with Gasteiger partial charge < -0.3 is 15.1 Å². The molecular formula is C21H23NO3. The molecule has 0 saturated carbocycles. The Bertz CT molecular complexity index is 769. The summed E-state index contributed by atoms with van der Waals surface area (Å²) in [5.74, 6) is -0.787. The maximum absolute atomic E-state index is 10.8. The summed E-state index contributed by atoms with van der Waals surface area (Å²) in [6.07, 6.45) is 5.52. The number of aliphatic hydroxyl groups excluding tert-OH is 1. The van der Waals surface area contributed by atoms with Crippen LogP contribution < -0.4 is 4.90 Å². The van der Waals surface area contributed by atoms with Crippen molar-refractivity contribution in [2.24, 2.45) is 0 Å². The van der Waals surface area contributed by atoms with Crippen LogP contribution in [0.3, 0.4) is 0 Å². The van der Waals surface area contributed by atoms with E-state index in [0.717, 1.165) is 22.4 Å². The van der Waals surface area contributed by atoms with Crippen molar-refractivity contribution in [1.29, 1.82) is 0 Å². The molecule has 4 heteroatoms. The van der Waals surface area contributed by atoms with Crippen LogP contribution in [0.2, 0.25) is 0 Å². The Morgan fingerprint density at radius 1 is 1.00 bits per heavy atom. The molecule has 2 aromatic rings. The first-order valence-electron chi connectivity index (χ1n) is 8.66. The van der Waals surface area contributed by atoms with Crippen molar-refractivity contribution in [3.63, 3.8) is 0 Å². The fourth-order valence-electron chi connectivity index (χ4n) is 3.20.